The van der Waals surface area contributed by atoms with Gasteiger partial charge in [-0.2, -0.15) is 0 Å². The molecule has 5 heteroatoms. The third-order valence-corrected chi connectivity index (χ3v) is 2.32. The highest BCUT2D eigenvalue weighted by Crippen LogP contribution is 2.26. The van der Waals surface area contributed by atoms with Crippen molar-refractivity contribution in [2.45, 2.75) is 6.92 Å². The number of methoxy groups -OCH3 is 1. The zero-order valence-corrected chi connectivity index (χ0v) is 10.1. The molecule has 0 atom stereocenters. The fourth-order valence-electron chi connectivity index (χ4n) is 1.20. The summed E-state index contributed by atoms with van der Waals surface area (Å²) in [5.74, 6) is 0.699. The van der Waals surface area contributed by atoms with E-state index >= 15 is 0 Å². The maximum atomic E-state index is 10.6. The number of anilines is 1. The predicted molar refractivity (Wildman–Crippen MR) is 65.2 cm³/mol. The fraction of sp³-hybridized carbons (Fsp3) is 0.364. The number of benzene rings is 1. The molecule has 4 nitrogen and oxygen atoms in total. The molecule has 1 aromatic carbocycles. The Morgan fingerprint density at radius 1 is 1.44 bits per heavy atom. The number of ether oxygens (including phenoxy) is 1. The summed E-state index contributed by atoms with van der Waals surface area (Å²) in [5, 5.41) is 6.43. The van der Waals surface area contributed by atoms with E-state index < -0.39 is 0 Å². The zero-order valence-electron chi connectivity index (χ0n) is 9.34. The number of rotatable bonds is 5. The van der Waals surface area contributed by atoms with Crippen LogP contribution in [0.25, 0.3) is 0 Å². The Labute approximate surface area is 99.9 Å². The van der Waals surface area contributed by atoms with Gasteiger partial charge in [0.15, 0.2) is 0 Å². The molecule has 0 aliphatic heterocycles. The van der Waals surface area contributed by atoms with Crippen LogP contribution in [0.4, 0.5) is 5.69 Å². The van der Waals surface area contributed by atoms with Crippen LogP contribution in [0, 0.1) is 0 Å². The van der Waals surface area contributed by atoms with E-state index in [0.29, 0.717) is 18.1 Å². The van der Waals surface area contributed by atoms with E-state index in [1.807, 2.05) is 6.07 Å². The van der Waals surface area contributed by atoms with Gasteiger partial charge >= 0.3 is 0 Å². The van der Waals surface area contributed by atoms with Crippen LogP contribution in [-0.4, -0.2) is 26.1 Å². The van der Waals surface area contributed by atoms with E-state index in [2.05, 4.69) is 10.6 Å². The Bertz CT molecular complexity index is 369. The van der Waals surface area contributed by atoms with E-state index in [1.165, 1.54) is 6.92 Å². The van der Waals surface area contributed by atoms with E-state index in [-0.39, 0.29) is 5.91 Å². The topological polar surface area (TPSA) is 50.4 Å². The van der Waals surface area contributed by atoms with Crippen LogP contribution in [0.3, 0.4) is 0 Å². The third kappa shape index (κ3) is 3.98. The lowest BCUT2D eigenvalue weighted by Crippen LogP contribution is -2.26. The van der Waals surface area contributed by atoms with E-state index in [4.69, 9.17) is 16.3 Å². The van der Waals surface area contributed by atoms with Gasteiger partial charge < -0.3 is 15.4 Å². The standard InChI is InChI=1S/C11H15ClN2O2/c1-8(15)13-5-6-14-11-7-9(16-2)3-4-10(11)12/h3-4,7,14H,5-6H2,1-2H3,(H,13,15). The Hall–Kier alpha value is -1.42. The molecule has 0 unspecified atom stereocenters. The lowest BCUT2D eigenvalue weighted by atomic mass is 10.3. The van der Waals surface area contributed by atoms with E-state index in [0.717, 1.165) is 11.4 Å². The Morgan fingerprint density at radius 2 is 2.19 bits per heavy atom. The van der Waals surface area contributed by atoms with Crippen molar-refractivity contribution >= 4 is 23.2 Å². The smallest absolute Gasteiger partial charge is 0.216 e. The van der Waals surface area contributed by atoms with Crippen LogP contribution in [0.2, 0.25) is 5.02 Å². The molecule has 0 saturated carbocycles. The first-order valence-corrected chi connectivity index (χ1v) is 5.33. The summed E-state index contributed by atoms with van der Waals surface area (Å²) in [6, 6.07) is 5.37. The van der Waals surface area contributed by atoms with Gasteiger partial charge in [0.05, 0.1) is 17.8 Å². The van der Waals surface area contributed by atoms with Crippen LogP contribution in [-0.2, 0) is 4.79 Å². The Kier molecular flexibility index (Phi) is 4.92. The molecular formula is C11H15ClN2O2. The SMILES string of the molecule is COc1ccc(Cl)c(NCCNC(C)=O)c1. The summed E-state index contributed by atoms with van der Waals surface area (Å²) in [5.41, 5.74) is 0.798. The summed E-state index contributed by atoms with van der Waals surface area (Å²) in [6.45, 7) is 2.66. The molecule has 0 aromatic heterocycles. The second kappa shape index (κ2) is 6.23. The van der Waals surface area contributed by atoms with Gasteiger partial charge in [-0.15, -0.1) is 0 Å². The maximum absolute atomic E-state index is 10.6. The van der Waals surface area contributed by atoms with E-state index in [9.17, 15) is 4.79 Å². The van der Waals surface area contributed by atoms with Gasteiger partial charge in [-0.05, 0) is 12.1 Å². The maximum Gasteiger partial charge on any atom is 0.216 e. The van der Waals surface area contributed by atoms with Crippen LogP contribution >= 0.6 is 11.6 Å². The third-order valence-electron chi connectivity index (χ3n) is 1.99. The van der Waals surface area contributed by atoms with Crippen molar-refractivity contribution in [3.8, 4) is 5.75 Å². The highest BCUT2D eigenvalue weighted by Gasteiger charge is 2.01. The molecule has 2 N–H and O–H groups in total. The average molecular weight is 243 g/mol. The minimum Gasteiger partial charge on any atom is -0.497 e. The number of hydrogen-bond donors (Lipinski definition) is 2. The number of halogens is 1. The van der Waals surface area contributed by atoms with Gasteiger partial charge in [0.1, 0.15) is 5.75 Å². The summed E-state index contributed by atoms with van der Waals surface area (Å²) < 4.78 is 5.09. The predicted octanol–water partition coefficient (Wildman–Crippen LogP) is 1.90. The molecular weight excluding hydrogens is 228 g/mol. The molecule has 0 saturated heterocycles. The highest BCUT2D eigenvalue weighted by atomic mass is 35.5. The molecule has 16 heavy (non-hydrogen) atoms. The minimum atomic E-state index is -0.0430. The molecule has 0 fully saturated rings. The number of amides is 1. The van der Waals surface area contributed by atoms with Crippen molar-refractivity contribution in [1.82, 2.24) is 5.32 Å². The van der Waals surface area contributed by atoms with Crippen LogP contribution in [0.5, 0.6) is 5.75 Å². The first-order chi connectivity index (χ1) is 7.63. The molecule has 0 aliphatic rings. The lowest BCUT2D eigenvalue weighted by Gasteiger charge is -2.10. The van der Waals surface area contributed by atoms with Crippen molar-refractivity contribution in [1.29, 1.82) is 0 Å². The second-order valence-electron chi connectivity index (χ2n) is 3.26. The number of carbonyl (C=O) groups excluding carboxylic acids is 1. The molecule has 1 amide bonds. The summed E-state index contributed by atoms with van der Waals surface area (Å²) in [4.78, 5) is 10.6. The van der Waals surface area contributed by atoms with Crippen molar-refractivity contribution in [2.75, 3.05) is 25.5 Å². The molecule has 1 rings (SSSR count). The molecule has 1 aromatic rings. The lowest BCUT2D eigenvalue weighted by molar-refractivity contribution is -0.118. The van der Waals surface area contributed by atoms with Crippen LogP contribution in [0.15, 0.2) is 18.2 Å². The van der Waals surface area contributed by atoms with Gasteiger partial charge in [-0.1, -0.05) is 11.6 Å². The van der Waals surface area contributed by atoms with Gasteiger partial charge in [0.2, 0.25) is 5.91 Å². The molecule has 0 heterocycles. The molecule has 0 bridgehead atoms. The largest absolute Gasteiger partial charge is 0.497 e. The van der Waals surface area contributed by atoms with Gasteiger partial charge in [0, 0.05) is 26.1 Å². The van der Waals surface area contributed by atoms with Gasteiger partial charge in [-0.3, -0.25) is 4.79 Å². The molecule has 0 radical (unpaired) electrons. The zero-order chi connectivity index (χ0) is 12.0. The monoisotopic (exact) mass is 242 g/mol. The fourth-order valence-corrected chi connectivity index (χ4v) is 1.39. The van der Waals surface area contributed by atoms with Crippen molar-refractivity contribution in [2.24, 2.45) is 0 Å². The normalized spacial score (nSPS) is 9.69. The molecule has 0 spiro atoms. The van der Waals surface area contributed by atoms with Crippen molar-refractivity contribution < 1.29 is 9.53 Å². The summed E-state index contributed by atoms with van der Waals surface area (Å²) >= 11 is 5.99. The Balaban J connectivity index is 2.49. The number of hydrogen-bond acceptors (Lipinski definition) is 3. The van der Waals surface area contributed by atoms with E-state index in [1.54, 1.807) is 19.2 Å². The van der Waals surface area contributed by atoms with Crippen LogP contribution < -0.4 is 15.4 Å². The first kappa shape index (κ1) is 12.6. The number of carbonyl (C=O) groups is 1. The highest BCUT2D eigenvalue weighted by molar-refractivity contribution is 6.33. The second-order valence-corrected chi connectivity index (χ2v) is 3.66. The summed E-state index contributed by atoms with van der Waals surface area (Å²) in [6.07, 6.45) is 0. The van der Waals surface area contributed by atoms with Gasteiger partial charge in [0.25, 0.3) is 0 Å². The quantitative estimate of drug-likeness (QED) is 0.776. The molecule has 88 valence electrons. The van der Waals surface area contributed by atoms with Crippen molar-refractivity contribution in [3.05, 3.63) is 23.2 Å². The summed E-state index contributed by atoms with van der Waals surface area (Å²) in [7, 11) is 1.60. The number of nitrogens with one attached hydrogen (secondary N) is 2. The minimum absolute atomic E-state index is 0.0430. The van der Waals surface area contributed by atoms with Crippen molar-refractivity contribution in [3.63, 3.8) is 0 Å². The van der Waals surface area contributed by atoms with Gasteiger partial charge in [-0.25, -0.2) is 0 Å². The average Bonchev–Trinajstić information content (AvgIpc) is 2.26. The Morgan fingerprint density at radius 3 is 2.81 bits per heavy atom. The first-order valence-electron chi connectivity index (χ1n) is 4.95. The molecule has 0 aliphatic carbocycles. The van der Waals surface area contributed by atoms with Crippen LogP contribution in [0.1, 0.15) is 6.92 Å².